The summed E-state index contributed by atoms with van der Waals surface area (Å²) in [5.74, 6) is 0. The summed E-state index contributed by atoms with van der Waals surface area (Å²) in [5, 5.41) is 2.24. The highest BCUT2D eigenvalue weighted by molar-refractivity contribution is 9.10. The SMILES string of the molecule is FC(F)(F)c1ccc(COc2nc(Br)cs2)cc1. The normalized spacial score (nSPS) is 11.6. The molecule has 2 rings (SSSR count). The minimum Gasteiger partial charge on any atom is -0.465 e. The Labute approximate surface area is 114 Å². The number of halogens is 4. The van der Waals surface area contributed by atoms with Gasteiger partial charge in [-0.05, 0) is 33.6 Å². The van der Waals surface area contributed by atoms with Crippen LogP contribution in [0.5, 0.6) is 5.19 Å². The monoisotopic (exact) mass is 337 g/mol. The summed E-state index contributed by atoms with van der Waals surface area (Å²) in [5.41, 5.74) is -0.00225. The Bertz CT molecular complexity index is 524. The summed E-state index contributed by atoms with van der Waals surface area (Å²) >= 11 is 4.50. The zero-order valence-electron chi connectivity index (χ0n) is 8.87. The van der Waals surface area contributed by atoms with Gasteiger partial charge in [-0.3, -0.25) is 0 Å². The van der Waals surface area contributed by atoms with Crippen LogP contribution in [0.3, 0.4) is 0 Å². The van der Waals surface area contributed by atoms with E-state index in [0.29, 0.717) is 15.4 Å². The van der Waals surface area contributed by atoms with Crippen LogP contribution in [-0.4, -0.2) is 4.98 Å². The van der Waals surface area contributed by atoms with Crippen LogP contribution in [0.25, 0.3) is 0 Å². The molecule has 0 bridgehead atoms. The quantitative estimate of drug-likeness (QED) is 0.822. The van der Waals surface area contributed by atoms with Crippen LogP contribution in [0.15, 0.2) is 34.2 Å². The number of thiazole rings is 1. The molecule has 2 aromatic rings. The molecule has 0 aliphatic carbocycles. The number of nitrogens with zero attached hydrogens (tertiary/aromatic N) is 1. The van der Waals surface area contributed by atoms with Crippen LogP contribution in [-0.2, 0) is 12.8 Å². The average Bonchev–Trinajstić information content (AvgIpc) is 2.72. The molecule has 96 valence electrons. The van der Waals surface area contributed by atoms with Crippen LogP contribution in [0.1, 0.15) is 11.1 Å². The zero-order chi connectivity index (χ0) is 13.2. The molecule has 0 amide bonds. The maximum atomic E-state index is 12.3. The molecule has 1 heterocycles. The number of rotatable bonds is 3. The average molecular weight is 338 g/mol. The van der Waals surface area contributed by atoms with E-state index in [0.717, 1.165) is 12.1 Å². The van der Waals surface area contributed by atoms with Crippen molar-refractivity contribution >= 4 is 27.3 Å². The van der Waals surface area contributed by atoms with Gasteiger partial charge in [0.25, 0.3) is 5.19 Å². The third-order valence-corrected chi connectivity index (χ3v) is 3.56. The lowest BCUT2D eigenvalue weighted by atomic mass is 10.1. The van der Waals surface area contributed by atoms with Crippen molar-refractivity contribution in [1.29, 1.82) is 0 Å². The molecular weight excluding hydrogens is 331 g/mol. The molecule has 0 saturated heterocycles. The summed E-state index contributed by atoms with van der Waals surface area (Å²) in [6, 6.07) is 4.86. The van der Waals surface area contributed by atoms with E-state index in [-0.39, 0.29) is 6.61 Å². The predicted molar refractivity (Wildman–Crippen MR) is 65.6 cm³/mol. The minimum atomic E-state index is -4.31. The van der Waals surface area contributed by atoms with Crippen molar-refractivity contribution in [3.05, 3.63) is 45.4 Å². The Morgan fingerprint density at radius 1 is 1.22 bits per heavy atom. The maximum absolute atomic E-state index is 12.3. The van der Waals surface area contributed by atoms with Gasteiger partial charge in [0.15, 0.2) is 0 Å². The molecule has 0 N–H and O–H groups in total. The summed E-state index contributed by atoms with van der Waals surface area (Å²) in [6.07, 6.45) is -4.31. The Kier molecular flexibility index (Phi) is 3.91. The number of hydrogen-bond donors (Lipinski definition) is 0. The lowest BCUT2D eigenvalue weighted by Gasteiger charge is -2.07. The molecule has 0 unspecified atom stereocenters. The first-order valence-electron chi connectivity index (χ1n) is 4.85. The molecule has 0 spiro atoms. The van der Waals surface area contributed by atoms with Gasteiger partial charge < -0.3 is 4.74 Å². The zero-order valence-corrected chi connectivity index (χ0v) is 11.3. The van der Waals surface area contributed by atoms with Crippen molar-refractivity contribution in [3.63, 3.8) is 0 Å². The molecule has 0 radical (unpaired) electrons. The van der Waals surface area contributed by atoms with Crippen LogP contribution >= 0.6 is 27.3 Å². The van der Waals surface area contributed by atoms with E-state index in [1.807, 2.05) is 0 Å². The number of aromatic nitrogens is 1. The summed E-state index contributed by atoms with van der Waals surface area (Å²) in [7, 11) is 0. The van der Waals surface area contributed by atoms with Gasteiger partial charge in [-0.25, -0.2) is 0 Å². The van der Waals surface area contributed by atoms with E-state index in [4.69, 9.17) is 4.74 Å². The molecule has 1 aromatic heterocycles. The van der Waals surface area contributed by atoms with E-state index in [2.05, 4.69) is 20.9 Å². The van der Waals surface area contributed by atoms with Crippen molar-refractivity contribution in [2.45, 2.75) is 12.8 Å². The fourth-order valence-corrected chi connectivity index (χ4v) is 2.33. The van der Waals surface area contributed by atoms with Crippen LogP contribution in [0, 0.1) is 0 Å². The smallest absolute Gasteiger partial charge is 0.416 e. The first-order chi connectivity index (χ1) is 8.45. The molecule has 18 heavy (non-hydrogen) atoms. The topological polar surface area (TPSA) is 22.1 Å². The lowest BCUT2D eigenvalue weighted by molar-refractivity contribution is -0.137. The lowest BCUT2D eigenvalue weighted by Crippen LogP contribution is -2.05. The van der Waals surface area contributed by atoms with Gasteiger partial charge in [0.2, 0.25) is 0 Å². The van der Waals surface area contributed by atoms with Crippen LogP contribution < -0.4 is 4.74 Å². The number of benzene rings is 1. The first-order valence-corrected chi connectivity index (χ1v) is 6.52. The number of hydrogen-bond acceptors (Lipinski definition) is 3. The third kappa shape index (κ3) is 3.46. The van der Waals surface area contributed by atoms with Crippen molar-refractivity contribution in [3.8, 4) is 5.19 Å². The largest absolute Gasteiger partial charge is 0.465 e. The Morgan fingerprint density at radius 2 is 1.89 bits per heavy atom. The Hall–Kier alpha value is -1.08. The first kappa shape index (κ1) is 13.4. The maximum Gasteiger partial charge on any atom is 0.416 e. The van der Waals surface area contributed by atoms with E-state index < -0.39 is 11.7 Å². The Balaban J connectivity index is 1.98. The highest BCUT2D eigenvalue weighted by Crippen LogP contribution is 2.29. The fourth-order valence-electron chi connectivity index (χ4n) is 1.24. The van der Waals surface area contributed by atoms with Crippen molar-refractivity contribution in [2.24, 2.45) is 0 Å². The van der Waals surface area contributed by atoms with Gasteiger partial charge in [-0.2, -0.15) is 18.2 Å². The summed E-state index contributed by atoms with van der Waals surface area (Å²) in [6.45, 7) is 0.193. The molecule has 0 fully saturated rings. The summed E-state index contributed by atoms with van der Waals surface area (Å²) in [4.78, 5) is 4.02. The van der Waals surface area contributed by atoms with E-state index in [9.17, 15) is 13.2 Å². The molecule has 2 nitrogen and oxygen atoms in total. The van der Waals surface area contributed by atoms with Gasteiger partial charge in [-0.15, -0.1) is 0 Å². The fraction of sp³-hybridized carbons (Fsp3) is 0.182. The molecule has 7 heteroatoms. The Morgan fingerprint density at radius 3 is 2.39 bits per heavy atom. The molecule has 0 saturated carbocycles. The standard InChI is InChI=1S/C11H7BrF3NOS/c12-9-6-18-10(16-9)17-5-7-1-3-8(4-2-7)11(13,14)15/h1-4,6H,5H2. The highest BCUT2D eigenvalue weighted by atomic mass is 79.9. The van der Waals surface area contributed by atoms with Gasteiger partial charge in [-0.1, -0.05) is 23.5 Å². The second-order valence-electron chi connectivity index (χ2n) is 3.42. The van der Waals surface area contributed by atoms with Crippen molar-refractivity contribution in [2.75, 3.05) is 0 Å². The van der Waals surface area contributed by atoms with Crippen molar-refractivity contribution < 1.29 is 17.9 Å². The van der Waals surface area contributed by atoms with Crippen molar-refractivity contribution in [1.82, 2.24) is 4.98 Å². The number of alkyl halides is 3. The molecule has 0 aliphatic heterocycles. The molecule has 1 aromatic carbocycles. The predicted octanol–water partition coefficient (Wildman–Crippen LogP) is 4.50. The molecule has 0 atom stereocenters. The van der Waals surface area contributed by atoms with Gasteiger partial charge in [0.1, 0.15) is 11.2 Å². The molecule has 0 aliphatic rings. The van der Waals surface area contributed by atoms with Crippen LogP contribution in [0.2, 0.25) is 0 Å². The number of ether oxygens (including phenoxy) is 1. The van der Waals surface area contributed by atoms with E-state index in [1.54, 1.807) is 5.38 Å². The third-order valence-electron chi connectivity index (χ3n) is 2.10. The van der Waals surface area contributed by atoms with Crippen LogP contribution in [0.4, 0.5) is 13.2 Å². The van der Waals surface area contributed by atoms with E-state index in [1.165, 1.54) is 23.5 Å². The second kappa shape index (κ2) is 5.27. The van der Waals surface area contributed by atoms with Gasteiger partial charge in [0.05, 0.1) is 5.56 Å². The summed E-state index contributed by atoms with van der Waals surface area (Å²) < 4.78 is 43.0. The van der Waals surface area contributed by atoms with Gasteiger partial charge >= 0.3 is 6.18 Å². The second-order valence-corrected chi connectivity index (χ2v) is 5.05. The van der Waals surface area contributed by atoms with E-state index >= 15 is 0 Å². The highest BCUT2D eigenvalue weighted by Gasteiger charge is 2.29. The van der Waals surface area contributed by atoms with Gasteiger partial charge in [0, 0.05) is 5.38 Å². The molecular formula is C11H7BrF3NOS. The minimum absolute atomic E-state index is 0.193.